The van der Waals surface area contributed by atoms with E-state index >= 15 is 0 Å². The first kappa shape index (κ1) is 23.6. The fourth-order valence-corrected chi connectivity index (χ4v) is 4.46. The van der Waals surface area contributed by atoms with Crippen LogP contribution in [0.1, 0.15) is 38.3 Å². The van der Waals surface area contributed by atoms with Gasteiger partial charge in [0, 0.05) is 31.1 Å². The molecule has 0 unspecified atom stereocenters. The summed E-state index contributed by atoms with van der Waals surface area (Å²) in [6.07, 6.45) is 3.89. The minimum atomic E-state index is -0.808. The second-order valence-corrected chi connectivity index (χ2v) is 8.92. The summed E-state index contributed by atoms with van der Waals surface area (Å²) in [5, 5.41) is 11.4. The molecule has 0 aliphatic carbocycles. The summed E-state index contributed by atoms with van der Waals surface area (Å²) in [6.45, 7) is 1.94. The Hall–Kier alpha value is -3.04. The van der Waals surface area contributed by atoms with Gasteiger partial charge in [0.25, 0.3) is 5.91 Å². The lowest BCUT2D eigenvalue weighted by atomic mass is 10.1. The smallest absolute Gasteiger partial charge is 0.303 e. The number of carboxylic acids is 1. The third-order valence-corrected chi connectivity index (χ3v) is 6.07. The standard InChI is InChI=1S/C23H23N3O4S2/c1-15(27)24-17-11-9-16(10-12-17)19-7-5-6-18(25-19)14-20-22(30)26(23(31)32-20)13-4-2-3-8-21(28)29/h5-7,9-12,14H,2-4,8,13H2,1H3,(H,24,27)(H,28,29)/b20-14-. The monoisotopic (exact) mass is 469 g/mol. The van der Waals surface area contributed by atoms with Gasteiger partial charge in [0.2, 0.25) is 5.91 Å². The minimum Gasteiger partial charge on any atom is -0.481 e. The lowest BCUT2D eigenvalue weighted by Crippen LogP contribution is -2.29. The number of hydrogen-bond donors (Lipinski definition) is 2. The largest absolute Gasteiger partial charge is 0.481 e. The molecule has 0 bridgehead atoms. The number of thioether (sulfide) groups is 1. The third-order valence-electron chi connectivity index (χ3n) is 4.70. The predicted molar refractivity (Wildman–Crippen MR) is 130 cm³/mol. The average Bonchev–Trinajstić information content (AvgIpc) is 3.01. The number of hydrogen-bond acceptors (Lipinski definition) is 6. The zero-order chi connectivity index (χ0) is 23.1. The zero-order valence-corrected chi connectivity index (χ0v) is 19.2. The number of benzene rings is 1. The van der Waals surface area contributed by atoms with Crippen molar-refractivity contribution >= 4 is 57.8 Å². The van der Waals surface area contributed by atoms with Crippen molar-refractivity contribution in [2.45, 2.75) is 32.6 Å². The van der Waals surface area contributed by atoms with Crippen molar-refractivity contribution in [1.82, 2.24) is 9.88 Å². The topological polar surface area (TPSA) is 99.6 Å². The van der Waals surface area contributed by atoms with Gasteiger partial charge in [-0.15, -0.1) is 0 Å². The maximum Gasteiger partial charge on any atom is 0.303 e. The van der Waals surface area contributed by atoms with Gasteiger partial charge < -0.3 is 10.4 Å². The van der Waals surface area contributed by atoms with Crippen molar-refractivity contribution < 1.29 is 19.5 Å². The second kappa shape index (κ2) is 11.0. The molecule has 1 aliphatic heterocycles. The Morgan fingerprint density at radius 3 is 2.59 bits per heavy atom. The van der Waals surface area contributed by atoms with Crippen molar-refractivity contribution in [2.75, 3.05) is 11.9 Å². The van der Waals surface area contributed by atoms with Crippen LogP contribution < -0.4 is 5.32 Å². The highest BCUT2D eigenvalue weighted by Gasteiger charge is 2.31. The van der Waals surface area contributed by atoms with Gasteiger partial charge in [0.1, 0.15) is 4.32 Å². The van der Waals surface area contributed by atoms with Crippen molar-refractivity contribution in [1.29, 1.82) is 0 Å². The number of nitrogens with zero attached hydrogens (tertiary/aromatic N) is 2. The van der Waals surface area contributed by atoms with Crippen LogP contribution in [-0.4, -0.2) is 43.6 Å². The Morgan fingerprint density at radius 1 is 1.16 bits per heavy atom. The van der Waals surface area contributed by atoms with Gasteiger partial charge in [0.05, 0.1) is 16.3 Å². The van der Waals surface area contributed by atoms with E-state index in [4.69, 9.17) is 17.3 Å². The number of pyridine rings is 1. The molecule has 1 aromatic heterocycles. The quantitative estimate of drug-likeness (QED) is 0.316. The zero-order valence-electron chi connectivity index (χ0n) is 17.5. The first-order valence-corrected chi connectivity index (χ1v) is 11.4. The van der Waals surface area contributed by atoms with Gasteiger partial charge in [-0.2, -0.15) is 0 Å². The van der Waals surface area contributed by atoms with E-state index in [1.165, 1.54) is 18.7 Å². The van der Waals surface area contributed by atoms with Gasteiger partial charge in [0.15, 0.2) is 0 Å². The van der Waals surface area contributed by atoms with Gasteiger partial charge in [-0.05, 0) is 43.2 Å². The summed E-state index contributed by atoms with van der Waals surface area (Å²) in [7, 11) is 0. The molecule has 0 radical (unpaired) electrons. The highest BCUT2D eigenvalue weighted by Crippen LogP contribution is 2.33. The number of nitrogens with one attached hydrogen (secondary N) is 1. The fourth-order valence-electron chi connectivity index (χ4n) is 3.17. The minimum absolute atomic E-state index is 0.129. The van der Waals surface area contributed by atoms with Crippen LogP contribution in [0.3, 0.4) is 0 Å². The molecule has 7 nitrogen and oxygen atoms in total. The normalized spacial score (nSPS) is 14.8. The number of thiocarbonyl (C=S) groups is 1. The SMILES string of the molecule is CC(=O)Nc1ccc(-c2cccc(/C=C3\SC(=S)N(CCCCCC(=O)O)C3=O)n2)cc1. The van der Waals surface area contributed by atoms with Gasteiger partial charge in [-0.1, -0.05) is 48.6 Å². The Balaban J connectivity index is 1.66. The van der Waals surface area contributed by atoms with Gasteiger partial charge >= 0.3 is 5.97 Å². The number of carboxylic acid groups (broad SMARTS) is 1. The van der Waals surface area contributed by atoms with E-state index < -0.39 is 5.97 Å². The molecule has 32 heavy (non-hydrogen) atoms. The Bertz CT molecular complexity index is 1070. The van der Waals surface area contributed by atoms with Gasteiger partial charge in [-0.3, -0.25) is 19.3 Å². The Morgan fingerprint density at radius 2 is 1.91 bits per heavy atom. The van der Waals surface area contributed by atoms with E-state index in [9.17, 15) is 14.4 Å². The summed E-state index contributed by atoms with van der Waals surface area (Å²) in [5.74, 6) is -1.09. The van der Waals surface area contributed by atoms with Crippen molar-refractivity contribution in [3.05, 3.63) is 53.1 Å². The van der Waals surface area contributed by atoms with E-state index in [1.54, 1.807) is 11.0 Å². The number of unbranched alkanes of at least 4 members (excludes halogenated alkanes) is 2. The molecule has 9 heteroatoms. The first-order valence-electron chi connectivity index (χ1n) is 10.2. The Kier molecular flexibility index (Phi) is 8.13. The molecule has 166 valence electrons. The van der Waals surface area contributed by atoms with Crippen LogP contribution in [-0.2, 0) is 14.4 Å². The number of amides is 2. The Labute approximate surface area is 195 Å². The lowest BCUT2D eigenvalue weighted by Gasteiger charge is -2.13. The molecule has 2 amide bonds. The number of rotatable bonds is 9. The van der Waals surface area contributed by atoms with Gasteiger partial charge in [-0.25, -0.2) is 4.98 Å². The molecule has 2 N–H and O–H groups in total. The predicted octanol–water partition coefficient (Wildman–Crippen LogP) is 4.55. The summed E-state index contributed by atoms with van der Waals surface area (Å²) >= 11 is 6.61. The summed E-state index contributed by atoms with van der Waals surface area (Å²) < 4.78 is 0.504. The number of aliphatic carboxylic acids is 1. The fraction of sp³-hybridized carbons (Fsp3) is 0.261. The molecule has 0 spiro atoms. The molecular formula is C23H23N3O4S2. The van der Waals surface area contributed by atoms with Crippen LogP contribution >= 0.6 is 24.0 Å². The van der Waals surface area contributed by atoms with E-state index in [0.717, 1.165) is 17.7 Å². The molecule has 0 atom stereocenters. The maximum absolute atomic E-state index is 12.8. The van der Waals surface area contributed by atoms with E-state index in [2.05, 4.69) is 10.3 Å². The number of carbonyl (C=O) groups is 3. The first-order chi connectivity index (χ1) is 15.3. The molecular weight excluding hydrogens is 446 g/mol. The maximum atomic E-state index is 12.8. The van der Waals surface area contributed by atoms with Crippen molar-refractivity contribution in [3.63, 3.8) is 0 Å². The molecule has 2 aromatic rings. The van der Waals surface area contributed by atoms with Crippen LogP contribution in [0.15, 0.2) is 47.4 Å². The van der Waals surface area contributed by atoms with Crippen LogP contribution in [0.5, 0.6) is 0 Å². The van der Waals surface area contributed by atoms with Crippen LogP contribution in [0.4, 0.5) is 5.69 Å². The number of carbonyl (C=O) groups excluding carboxylic acids is 2. The molecule has 1 fully saturated rings. The molecule has 1 saturated heterocycles. The van der Waals surface area contributed by atoms with E-state index in [-0.39, 0.29) is 18.2 Å². The molecule has 1 aromatic carbocycles. The summed E-state index contributed by atoms with van der Waals surface area (Å²) in [6, 6.07) is 13.0. The highest BCUT2D eigenvalue weighted by molar-refractivity contribution is 8.26. The highest BCUT2D eigenvalue weighted by atomic mass is 32.2. The summed E-state index contributed by atoms with van der Waals surface area (Å²) in [4.78, 5) is 41.2. The van der Waals surface area contributed by atoms with Crippen LogP contribution in [0.25, 0.3) is 17.3 Å². The molecule has 2 heterocycles. The summed E-state index contributed by atoms with van der Waals surface area (Å²) in [5.41, 5.74) is 3.00. The van der Waals surface area contributed by atoms with E-state index in [1.807, 2.05) is 42.5 Å². The second-order valence-electron chi connectivity index (χ2n) is 7.24. The van der Waals surface area contributed by atoms with Crippen molar-refractivity contribution in [2.24, 2.45) is 0 Å². The molecule has 1 aliphatic rings. The van der Waals surface area contributed by atoms with E-state index in [0.29, 0.717) is 40.0 Å². The number of anilines is 1. The third kappa shape index (κ3) is 6.48. The van der Waals surface area contributed by atoms with Crippen LogP contribution in [0.2, 0.25) is 0 Å². The number of aromatic nitrogens is 1. The molecule has 0 saturated carbocycles. The average molecular weight is 470 g/mol. The lowest BCUT2D eigenvalue weighted by molar-refractivity contribution is -0.137. The van der Waals surface area contributed by atoms with Crippen LogP contribution in [0, 0.1) is 0 Å². The van der Waals surface area contributed by atoms with Crippen molar-refractivity contribution in [3.8, 4) is 11.3 Å². The molecule has 3 rings (SSSR count).